The Labute approximate surface area is 166 Å². The van der Waals surface area contributed by atoms with E-state index in [2.05, 4.69) is 5.32 Å². The van der Waals surface area contributed by atoms with Gasteiger partial charge in [-0.1, -0.05) is 29.8 Å². The number of halogens is 1. The van der Waals surface area contributed by atoms with Crippen LogP contribution in [-0.2, 0) is 14.3 Å². The molecule has 8 heteroatoms. The molecule has 1 heterocycles. The zero-order valence-corrected chi connectivity index (χ0v) is 15.9. The average Bonchev–Trinajstić information content (AvgIpc) is 2.90. The summed E-state index contributed by atoms with van der Waals surface area (Å²) < 4.78 is 5.07. The third kappa shape index (κ3) is 3.89. The number of rotatable bonds is 5. The molecule has 0 saturated heterocycles. The number of amides is 3. The molecule has 0 bridgehead atoms. The Morgan fingerprint density at radius 1 is 1.11 bits per heavy atom. The minimum absolute atomic E-state index is 0.238. The molecule has 1 N–H and O–H groups in total. The molecule has 0 aromatic heterocycles. The van der Waals surface area contributed by atoms with Crippen molar-refractivity contribution in [3.8, 4) is 0 Å². The van der Waals surface area contributed by atoms with Crippen LogP contribution in [0.3, 0.4) is 0 Å². The lowest BCUT2D eigenvalue weighted by atomic mass is 10.1. The molecule has 1 aliphatic rings. The van der Waals surface area contributed by atoms with Crippen molar-refractivity contribution in [3.05, 3.63) is 64.2 Å². The Balaban J connectivity index is 1.59. The Bertz CT molecular complexity index is 953. The van der Waals surface area contributed by atoms with Crippen molar-refractivity contribution in [2.45, 2.75) is 20.0 Å². The van der Waals surface area contributed by atoms with Crippen LogP contribution in [0.25, 0.3) is 0 Å². The van der Waals surface area contributed by atoms with E-state index < -0.39 is 36.3 Å². The van der Waals surface area contributed by atoms with E-state index in [-0.39, 0.29) is 11.1 Å². The molecule has 3 rings (SSSR count). The molecule has 0 radical (unpaired) electrons. The Hall–Kier alpha value is -3.19. The highest BCUT2D eigenvalue weighted by molar-refractivity contribution is 6.31. The summed E-state index contributed by atoms with van der Waals surface area (Å²) in [5.74, 6) is -2.55. The first-order valence-electron chi connectivity index (χ1n) is 8.49. The normalized spacial score (nSPS) is 13.9. The molecule has 3 amide bonds. The van der Waals surface area contributed by atoms with Gasteiger partial charge in [0.1, 0.15) is 6.54 Å². The summed E-state index contributed by atoms with van der Waals surface area (Å²) in [6.45, 7) is 2.66. The van der Waals surface area contributed by atoms with Crippen LogP contribution in [0, 0.1) is 6.92 Å². The molecule has 0 aliphatic carbocycles. The lowest BCUT2D eigenvalue weighted by molar-refractivity contribution is -0.153. The minimum atomic E-state index is -1.12. The van der Waals surface area contributed by atoms with E-state index in [0.29, 0.717) is 10.7 Å². The number of nitrogens with one attached hydrogen (secondary N) is 1. The first kappa shape index (κ1) is 19.6. The third-order valence-corrected chi connectivity index (χ3v) is 4.69. The SMILES string of the molecule is Cc1ccc(NC(=O)C(C)OC(=O)CN2C(=O)c3ccccc3C2=O)cc1Cl. The van der Waals surface area contributed by atoms with Crippen LogP contribution in [0.1, 0.15) is 33.2 Å². The molecule has 0 saturated carbocycles. The van der Waals surface area contributed by atoms with E-state index in [4.69, 9.17) is 16.3 Å². The number of aryl methyl sites for hydroxylation is 1. The van der Waals surface area contributed by atoms with Crippen LogP contribution in [0.4, 0.5) is 5.69 Å². The molecule has 1 unspecified atom stereocenters. The van der Waals surface area contributed by atoms with Crippen molar-refractivity contribution in [2.24, 2.45) is 0 Å². The number of carbonyl (C=O) groups is 4. The summed E-state index contributed by atoms with van der Waals surface area (Å²) in [6, 6.07) is 11.3. The second-order valence-electron chi connectivity index (χ2n) is 6.33. The van der Waals surface area contributed by atoms with Gasteiger partial charge in [-0.05, 0) is 43.7 Å². The van der Waals surface area contributed by atoms with Gasteiger partial charge in [0, 0.05) is 10.7 Å². The predicted molar refractivity (Wildman–Crippen MR) is 102 cm³/mol. The quantitative estimate of drug-likeness (QED) is 0.615. The van der Waals surface area contributed by atoms with Crippen molar-refractivity contribution >= 4 is 41.0 Å². The maximum absolute atomic E-state index is 12.3. The summed E-state index contributed by atoms with van der Waals surface area (Å²) >= 11 is 6.02. The van der Waals surface area contributed by atoms with E-state index in [1.54, 1.807) is 30.3 Å². The highest BCUT2D eigenvalue weighted by Crippen LogP contribution is 2.22. The van der Waals surface area contributed by atoms with Crippen molar-refractivity contribution in [2.75, 3.05) is 11.9 Å². The fraction of sp³-hybridized carbons (Fsp3) is 0.200. The Morgan fingerprint density at radius 3 is 2.29 bits per heavy atom. The van der Waals surface area contributed by atoms with Gasteiger partial charge in [-0.3, -0.25) is 24.1 Å². The third-order valence-electron chi connectivity index (χ3n) is 4.28. The second kappa shape index (κ2) is 7.82. The van der Waals surface area contributed by atoms with Gasteiger partial charge in [-0.15, -0.1) is 0 Å². The fourth-order valence-corrected chi connectivity index (χ4v) is 2.89. The van der Waals surface area contributed by atoms with Crippen molar-refractivity contribution in [3.63, 3.8) is 0 Å². The molecule has 144 valence electrons. The van der Waals surface area contributed by atoms with E-state index in [1.165, 1.54) is 19.1 Å². The molecule has 2 aromatic rings. The van der Waals surface area contributed by atoms with Crippen LogP contribution in [0.2, 0.25) is 5.02 Å². The summed E-state index contributed by atoms with van der Waals surface area (Å²) in [5, 5.41) is 3.09. The smallest absolute Gasteiger partial charge is 0.326 e. The second-order valence-corrected chi connectivity index (χ2v) is 6.73. The number of esters is 1. The summed E-state index contributed by atoms with van der Waals surface area (Å²) in [6.07, 6.45) is -1.12. The van der Waals surface area contributed by atoms with Crippen LogP contribution >= 0.6 is 11.6 Å². The zero-order chi connectivity index (χ0) is 20.4. The number of carbonyl (C=O) groups excluding carboxylic acids is 4. The number of hydrogen-bond donors (Lipinski definition) is 1. The van der Waals surface area contributed by atoms with Crippen molar-refractivity contribution in [1.29, 1.82) is 0 Å². The average molecular weight is 401 g/mol. The molecular formula is C20H17ClN2O5. The summed E-state index contributed by atoms with van der Waals surface area (Å²) in [7, 11) is 0. The summed E-state index contributed by atoms with van der Waals surface area (Å²) in [4.78, 5) is 49.7. The number of imide groups is 1. The molecule has 1 atom stereocenters. The monoisotopic (exact) mass is 400 g/mol. The maximum Gasteiger partial charge on any atom is 0.326 e. The maximum atomic E-state index is 12.3. The van der Waals surface area contributed by atoms with Gasteiger partial charge in [0.2, 0.25) is 0 Å². The van der Waals surface area contributed by atoms with E-state index in [0.717, 1.165) is 10.5 Å². The number of nitrogens with zero attached hydrogens (tertiary/aromatic N) is 1. The van der Waals surface area contributed by atoms with Crippen LogP contribution in [0.15, 0.2) is 42.5 Å². The van der Waals surface area contributed by atoms with E-state index in [1.807, 2.05) is 6.92 Å². The molecular weight excluding hydrogens is 384 g/mol. The first-order chi connectivity index (χ1) is 13.3. The van der Waals surface area contributed by atoms with Gasteiger partial charge >= 0.3 is 5.97 Å². The number of hydrogen-bond acceptors (Lipinski definition) is 5. The van der Waals surface area contributed by atoms with Gasteiger partial charge in [-0.2, -0.15) is 0 Å². The Morgan fingerprint density at radius 2 is 1.71 bits per heavy atom. The Kier molecular flexibility index (Phi) is 5.46. The van der Waals surface area contributed by atoms with Gasteiger partial charge in [0.15, 0.2) is 6.10 Å². The summed E-state index contributed by atoms with van der Waals surface area (Å²) in [5.41, 5.74) is 1.80. The fourth-order valence-electron chi connectivity index (χ4n) is 2.71. The molecule has 0 spiro atoms. The lowest BCUT2D eigenvalue weighted by Gasteiger charge is -2.17. The van der Waals surface area contributed by atoms with Gasteiger partial charge in [0.25, 0.3) is 17.7 Å². The van der Waals surface area contributed by atoms with Crippen LogP contribution in [0.5, 0.6) is 0 Å². The van der Waals surface area contributed by atoms with Crippen LogP contribution < -0.4 is 5.32 Å². The lowest BCUT2D eigenvalue weighted by Crippen LogP contribution is -2.38. The standard InChI is InChI=1S/C20H17ClN2O5/c1-11-7-8-13(9-16(11)21)22-18(25)12(2)28-17(24)10-23-19(26)14-5-3-4-6-15(14)20(23)27/h3-9,12H,10H2,1-2H3,(H,22,25). The first-order valence-corrected chi connectivity index (χ1v) is 8.87. The largest absolute Gasteiger partial charge is 0.451 e. The van der Waals surface area contributed by atoms with Crippen LogP contribution in [-0.4, -0.2) is 41.2 Å². The highest BCUT2D eigenvalue weighted by atomic mass is 35.5. The highest BCUT2D eigenvalue weighted by Gasteiger charge is 2.37. The molecule has 2 aromatic carbocycles. The van der Waals surface area contributed by atoms with E-state index >= 15 is 0 Å². The topological polar surface area (TPSA) is 92.8 Å². The van der Waals surface area contributed by atoms with Crippen molar-refractivity contribution < 1.29 is 23.9 Å². The zero-order valence-electron chi connectivity index (χ0n) is 15.2. The molecule has 0 fully saturated rings. The van der Waals surface area contributed by atoms with Crippen molar-refractivity contribution in [1.82, 2.24) is 4.90 Å². The molecule has 28 heavy (non-hydrogen) atoms. The number of fused-ring (bicyclic) bond motifs is 1. The number of anilines is 1. The van der Waals surface area contributed by atoms with E-state index in [9.17, 15) is 19.2 Å². The number of benzene rings is 2. The molecule has 7 nitrogen and oxygen atoms in total. The predicted octanol–water partition coefficient (Wildman–Crippen LogP) is 2.81. The van der Waals surface area contributed by atoms with Gasteiger partial charge in [0.05, 0.1) is 11.1 Å². The van der Waals surface area contributed by atoms with Gasteiger partial charge in [-0.25, -0.2) is 0 Å². The van der Waals surface area contributed by atoms with Gasteiger partial charge < -0.3 is 10.1 Å². The molecule has 1 aliphatic heterocycles. The minimum Gasteiger partial charge on any atom is -0.451 e. The number of ether oxygens (including phenoxy) is 1.